The Kier molecular flexibility index (Phi) is 1.84. The molecule has 1 saturated heterocycles. The molecule has 0 amide bonds. The molecule has 0 aromatic rings. The van der Waals surface area contributed by atoms with Crippen LogP contribution >= 0.6 is 0 Å². The van der Waals surface area contributed by atoms with Crippen molar-refractivity contribution in [2.45, 2.75) is 0 Å². The van der Waals surface area contributed by atoms with Crippen molar-refractivity contribution in [1.82, 2.24) is 4.23 Å². The van der Waals surface area contributed by atoms with Gasteiger partial charge in [-0.2, -0.15) is 0 Å². The minimum Gasteiger partial charge on any atom is -0.358 e. The zero-order valence-electron chi connectivity index (χ0n) is 3.45. The van der Waals surface area contributed by atoms with E-state index in [0.717, 1.165) is 0 Å². The van der Waals surface area contributed by atoms with Gasteiger partial charge in [0.1, 0.15) is 18.4 Å². The van der Waals surface area contributed by atoms with Gasteiger partial charge in [-0.05, 0) is 7.05 Å². The van der Waals surface area contributed by atoms with Crippen LogP contribution in [0.1, 0.15) is 0 Å². The zero-order valence-corrected chi connectivity index (χ0v) is 7.45. The van der Waals surface area contributed by atoms with Crippen LogP contribution in [0.2, 0.25) is 0 Å². The van der Waals surface area contributed by atoms with Gasteiger partial charge in [0.05, 0.1) is 0 Å². The third-order valence-corrected chi connectivity index (χ3v) is 13.1. The maximum Gasteiger partial charge on any atom is 0.108 e. The molecule has 0 N–H and O–H groups in total. The fourth-order valence-electron chi connectivity index (χ4n) is 0.252. The van der Waals surface area contributed by atoms with Gasteiger partial charge in [-0.15, -0.1) is 0 Å². The highest BCUT2D eigenvalue weighted by Gasteiger charge is 2.08. The molecule has 0 unspecified atom stereocenters. The van der Waals surface area contributed by atoms with E-state index in [0.29, 0.717) is 0 Å². The molecule has 8 radical (unpaired) electrons. The van der Waals surface area contributed by atoms with Crippen molar-refractivity contribution in [2.75, 3.05) is 7.05 Å². The molecule has 1 heterocycles. The van der Waals surface area contributed by atoms with Crippen molar-refractivity contribution < 1.29 is 0 Å². The summed E-state index contributed by atoms with van der Waals surface area (Å²) in [5.41, 5.74) is 0. The Bertz CT molecular complexity index is 40.8. The number of hydrogen-bond donors (Lipinski definition) is 0. The van der Waals surface area contributed by atoms with Gasteiger partial charge in [0, 0.05) is 17.1 Å². The fourth-order valence-corrected chi connectivity index (χ4v) is 14.3. The van der Waals surface area contributed by atoms with Gasteiger partial charge in [0.15, 0.2) is 0 Å². The van der Waals surface area contributed by atoms with E-state index < -0.39 is 0 Å². The second-order valence-corrected chi connectivity index (χ2v) is 11.1. The van der Waals surface area contributed by atoms with Gasteiger partial charge in [0.2, 0.25) is 0 Å². The summed E-state index contributed by atoms with van der Waals surface area (Å²) in [6.45, 7) is 0. The van der Waals surface area contributed by atoms with E-state index in [1.165, 1.54) is 35.5 Å². The van der Waals surface area contributed by atoms with E-state index in [1.807, 2.05) is 0 Å². The highest BCUT2D eigenvalue weighted by molar-refractivity contribution is 7.49. The lowest BCUT2D eigenvalue weighted by Crippen LogP contribution is -2.19. The van der Waals surface area contributed by atoms with Gasteiger partial charge in [-0.3, -0.25) is 0 Å². The van der Waals surface area contributed by atoms with E-state index in [1.54, 1.807) is 0 Å². The third kappa shape index (κ3) is 1.15. The lowest BCUT2D eigenvalue weighted by Gasteiger charge is -1.99. The Labute approximate surface area is 47.3 Å². The smallest absolute Gasteiger partial charge is 0.108 e. The monoisotopic (exact) mass is 141 g/mol. The van der Waals surface area contributed by atoms with Gasteiger partial charge >= 0.3 is 0 Å². The summed E-state index contributed by atoms with van der Waals surface area (Å²) in [7, 11) is 7.11. The zero-order chi connectivity index (χ0) is 4.41. The molecule has 28 valence electrons. The quantitative estimate of drug-likeness (QED) is 0.365. The molecule has 1 aliphatic rings. The van der Waals surface area contributed by atoms with Crippen LogP contribution in [0.3, 0.4) is 0 Å². The first kappa shape index (κ1) is 4.97. The summed E-state index contributed by atoms with van der Waals surface area (Å²) in [6.07, 6.45) is 0. The molecule has 1 rings (SSSR count). The molecule has 1 nitrogen and oxygen atoms in total. The van der Waals surface area contributed by atoms with Gasteiger partial charge < -0.3 is 4.23 Å². The maximum absolute atomic E-state index is 2.44. The molecule has 1 aliphatic heterocycles. The van der Waals surface area contributed by atoms with Crippen LogP contribution in [0.5, 0.6) is 0 Å². The van der Waals surface area contributed by atoms with Crippen LogP contribution < -0.4 is 0 Å². The lowest BCUT2D eigenvalue weighted by molar-refractivity contribution is 0.880. The number of rotatable bonds is 0. The summed E-state index contributed by atoms with van der Waals surface area (Å²) in [6, 6.07) is 0. The predicted molar refractivity (Wildman–Crippen MR) is 30.8 cm³/mol. The summed E-state index contributed by atoms with van der Waals surface area (Å²) in [5.74, 6) is 0. The Balaban J connectivity index is 2.18. The van der Waals surface area contributed by atoms with E-state index in [4.69, 9.17) is 0 Å². The molecular formula is CH3NSi4. The van der Waals surface area contributed by atoms with E-state index in [2.05, 4.69) is 11.3 Å². The average Bonchev–Trinajstić information content (AvgIpc) is 1.86. The maximum atomic E-state index is 2.44. The van der Waals surface area contributed by atoms with Gasteiger partial charge in [-0.25, -0.2) is 0 Å². The van der Waals surface area contributed by atoms with Crippen LogP contribution in [0.25, 0.3) is 0 Å². The van der Waals surface area contributed by atoms with Crippen molar-refractivity contribution in [3.05, 3.63) is 0 Å². The van der Waals surface area contributed by atoms with E-state index in [9.17, 15) is 0 Å². The first-order valence-electron chi connectivity index (χ1n) is 1.64. The largest absolute Gasteiger partial charge is 0.358 e. The summed E-state index contributed by atoms with van der Waals surface area (Å²) in [4.78, 5) is 0. The molecule has 0 aromatic heterocycles. The van der Waals surface area contributed by atoms with Crippen molar-refractivity contribution in [3.63, 3.8) is 0 Å². The topological polar surface area (TPSA) is 3.24 Å². The van der Waals surface area contributed by atoms with E-state index in [-0.39, 0.29) is 0 Å². The third-order valence-electron chi connectivity index (χ3n) is 0.510. The SMILES string of the molecule is CN1[Si][Si][Si][Si]1. The minimum absolute atomic E-state index is 1.17. The number of nitrogens with zero attached hydrogens (tertiary/aromatic N) is 1. The summed E-state index contributed by atoms with van der Waals surface area (Å²) in [5, 5.41) is 0. The predicted octanol–water partition coefficient (Wildman–Crippen LogP) is -1.68. The first-order valence-corrected chi connectivity index (χ1v) is 8.54. The van der Waals surface area contributed by atoms with Crippen LogP contribution in [-0.4, -0.2) is 46.8 Å². The molecule has 0 spiro atoms. The Hall–Kier alpha value is 0.828. The normalized spacial score (nSPS) is 25.5. The highest BCUT2D eigenvalue weighted by Crippen LogP contribution is 1.77. The van der Waals surface area contributed by atoms with Gasteiger partial charge in [-0.1, -0.05) is 0 Å². The molecule has 0 atom stereocenters. The second kappa shape index (κ2) is 2.22. The van der Waals surface area contributed by atoms with E-state index >= 15 is 0 Å². The van der Waals surface area contributed by atoms with Crippen molar-refractivity contribution >= 4 is 35.5 Å². The molecular weight excluding hydrogens is 138 g/mol. The average molecular weight is 141 g/mol. The lowest BCUT2D eigenvalue weighted by atomic mass is 11.6. The van der Waals surface area contributed by atoms with Crippen LogP contribution in [0.4, 0.5) is 0 Å². The van der Waals surface area contributed by atoms with Crippen molar-refractivity contribution in [1.29, 1.82) is 0 Å². The summed E-state index contributed by atoms with van der Waals surface area (Å²) >= 11 is 0. The summed E-state index contributed by atoms with van der Waals surface area (Å²) < 4.78 is 2.44. The highest BCUT2D eigenvalue weighted by atomic mass is 29.7. The van der Waals surface area contributed by atoms with Crippen LogP contribution in [0.15, 0.2) is 0 Å². The Morgan fingerprint density at radius 2 is 1.67 bits per heavy atom. The van der Waals surface area contributed by atoms with Crippen molar-refractivity contribution in [3.8, 4) is 0 Å². The van der Waals surface area contributed by atoms with Gasteiger partial charge in [0.25, 0.3) is 0 Å². The van der Waals surface area contributed by atoms with Crippen molar-refractivity contribution in [2.24, 2.45) is 0 Å². The Morgan fingerprint density at radius 1 is 1.17 bits per heavy atom. The molecule has 0 bridgehead atoms. The second-order valence-electron chi connectivity index (χ2n) is 1.03. The Morgan fingerprint density at radius 3 is 1.83 bits per heavy atom. The number of hydrogen-bond acceptors (Lipinski definition) is 1. The van der Waals surface area contributed by atoms with Crippen LogP contribution in [0, 0.1) is 0 Å². The molecule has 6 heavy (non-hydrogen) atoms. The molecule has 5 heteroatoms. The minimum atomic E-state index is 1.17. The standard InChI is InChI=1S/CH3NSi4/c1-2-3-5-6-4-2/h1H3. The first-order chi connectivity index (χ1) is 2.89. The fraction of sp³-hybridized carbons (Fsp3) is 1.00. The molecule has 0 saturated carbocycles. The molecule has 0 aliphatic carbocycles. The van der Waals surface area contributed by atoms with Crippen LogP contribution in [-0.2, 0) is 0 Å². The molecule has 0 aromatic carbocycles. The molecule has 1 fully saturated rings.